The van der Waals surface area contributed by atoms with Crippen molar-refractivity contribution in [2.45, 2.75) is 19.0 Å². The molecular formula is C15H15N3O3. The highest BCUT2D eigenvalue weighted by Crippen LogP contribution is 2.20. The summed E-state index contributed by atoms with van der Waals surface area (Å²) in [5, 5.41) is 6.60. The molecule has 0 saturated carbocycles. The van der Waals surface area contributed by atoms with Gasteiger partial charge in [-0.2, -0.15) is 0 Å². The summed E-state index contributed by atoms with van der Waals surface area (Å²) >= 11 is 0. The van der Waals surface area contributed by atoms with E-state index in [1.54, 1.807) is 11.0 Å². The predicted octanol–water partition coefficient (Wildman–Crippen LogP) is 1.26. The van der Waals surface area contributed by atoms with Gasteiger partial charge < -0.3 is 14.7 Å². The van der Waals surface area contributed by atoms with Crippen LogP contribution in [0.25, 0.3) is 0 Å². The first kappa shape index (κ1) is 13.4. The fourth-order valence-corrected chi connectivity index (χ4v) is 2.37. The fraction of sp³-hybridized carbons (Fsp3) is 0.267. The van der Waals surface area contributed by atoms with E-state index in [1.165, 1.54) is 6.26 Å². The predicted molar refractivity (Wildman–Crippen MR) is 73.9 cm³/mol. The van der Waals surface area contributed by atoms with Crippen LogP contribution in [0.2, 0.25) is 0 Å². The molecule has 3 rings (SSSR count). The number of carbonyl (C=O) groups is 2. The number of hydrogen-bond donors (Lipinski definition) is 1. The van der Waals surface area contributed by atoms with E-state index in [2.05, 4.69) is 10.5 Å². The van der Waals surface area contributed by atoms with Gasteiger partial charge in [-0.1, -0.05) is 35.5 Å². The molecule has 1 fully saturated rings. The number of benzene rings is 1. The van der Waals surface area contributed by atoms with Gasteiger partial charge >= 0.3 is 0 Å². The molecule has 1 aromatic carbocycles. The second kappa shape index (κ2) is 5.78. The van der Waals surface area contributed by atoms with Gasteiger partial charge in [-0.05, 0) is 5.56 Å². The molecule has 1 aliphatic rings. The number of nitrogens with zero attached hydrogens (tertiary/aromatic N) is 2. The summed E-state index contributed by atoms with van der Waals surface area (Å²) in [6.07, 6.45) is 1.75. The van der Waals surface area contributed by atoms with Crippen LogP contribution in [0.5, 0.6) is 0 Å². The summed E-state index contributed by atoms with van der Waals surface area (Å²) in [5.41, 5.74) is 1.45. The Morgan fingerprint density at radius 3 is 2.76 bits per heavy atom. The second-order valence-electron chi connectivity index (χ2n) is 4.91. The Labute approximate surface area is 121 Å². The van der Waals surface area contributed by atoms with E-state index in [0.29, 0.717) is 18.8 Å². The molecule has 0 spiro atoms. The number of nitrogens with one attached hydrogen (secondary N) is 1. The largest absolute Gasteiger partial charge is 0.364 e. The molecule has 0 bridgehead atoms. The van der Waals surface area contributed by atoms with Crippen LogP contribution < -0.4 is 5.32 Å². The van der Waals surface area contributed by atoms with Gasteiger partial charge in [-0.3, -0.25) is 9.59 Å². The van der Waals surface area contributed by atoms with Gasteiger partial charge in [-0.25, -0.2) is 0 Å². The molecule has 6 heteroatoms. The zero-order valence-electron chi connectivity index (χ0n) is 11.4. The van der Waals surface area contributed by atoms with E-state index in [-0.39, 0.29) is 18.2 Å². The number of carbonyl (C=O) groups excluding carboxylic acids is 2. The normalized spacial score (nSPS) is 19.2. The highest BCUT2D eigenvalue weighted by atomic mass is 16.5. The van der Waals surface area contributed by atoms with E-state index >= 15 is 0 Å². The topological polar surface area (TPSA) is 75.4 Å². The molecule has 0 radical (unpaired) electrons. The molecular weight excluding hydrogens is 270 g/mol. The Morgan fingerprint density at radius 2 is 2.05 bits per heavy atom. The number of amides is 2. The monoisotopic (exact) mass is 285 g/mol. The lowest BCUT2D eigenvalue weighted by atomic mass is 10.1. The molecule has 1 N–H and O–H groups in total. The molecule has 0 aliphatic carbocycles. The van der Waals surface area contributed by atoms with E-state index in [0.717, 1.165) is 5.56 Å². The first-order valence-electron chi connectivity index (χ1n) is 6.76. The van der Waals surface area contributed by atoms with Crippen molar-refractivity contribution in [3.05, 3.63) is 53.9 Å². The van der Waals surface area contributed by atoms with Crippen molar-refractivity contribution in [3.8, 4) is 0 Å². The summed E-state index contributed by atoms with van der Waals surface area (Å²) < 4.78 is 4.78. The average molecular weight is 285 g/mol. The van der Waals surface area contributed by atoms with Crippen LogP contribution in [0.1, 0.15) is 23.7 Å². The van der Waals surface area contributed by atoms with Crippen molar-refractivity contribution in [3.63, 3.8) is 0 Å². The van der Waals surface area contributed by atoms with Gasteiger partial charge in [0.25, 0.3) is 0 Å². The van der Waals surface area contributed by atoms with E-state index in [9.17, 15) is 9.59 Å². The second-order valence-corrected chi connectivity index (χ2v) is 4.91. The number of rotatable bonds is 3. The minimum absolute atomic E-state index is 0.125. The minimum atomic E-state index is -0.645. The van der Waals surface area contributed by atoms with Gasteiger partial charge in [0.05, 0.1) is 6.54 Å². The molecule has 2 amide bonds. The smallest absolute Gasteiger partial charge is 0.250 e. The van der Waals surface area contributed by atoms with Crippen LogP contribution in [0.3, 0.4) is 0 Å². The molecule has 1 saturated heterocycles. The highest BCUT2D eigenvalue weighted by Gasteiger charge is 2.31. The maximum atomic E-state index is 12.7. The van der Waals surface area contributed by atoms with Crippen LogP contribution >= 0.6 is 0 Å². The lowest BCUT2D eigenvalue weighted by Crippen LogP contribution is -2.38. The maximum Gasteiger partial charge on any atom is 0.250 e. The molecule has 1 atom stereocenters. The Morgan fingerprint density at radius 1 is 1.24 bits per heavy atom. The molecule has 1 unspecified atom stereocenters. The minimum Gasteiger partial charge on any atom is -0.364 e. The van der Waals surface area contributed by atoms with Crippen molar-refractivity contribution >= 4 is 11.8 Å². The summed E-state index contributed by atoms with van der Waals surface area (Å²) in [6, 6.07) is 10.3. The van der Waals surface area contributed by atoms with Gasteiger partial charge in [0.2, 0.25) is 11.8 Å². The van der Waals surface area contributed by atoms with E-state index in [4.69, 9.17) is 4.52 Å². The van der Waals surface area contributed by atoms with Crippen LogP contribution in [-0.2, 0) is 16.1 Å². The Kier molecular flexibility index (Phi) is 3.68. The molecule has 1 aromatic heterocycles. The lowest BCUT2D eigenvalue weighted by molar-refractivity contribution is -0.134. The maximum absolute atomic E-state index is 12.7. The average Bonchev–Trinajstić information content (AvgIpc) is 2.97. The first-order chi connectivity index (χ1) is 10.2. The van der Waals surface area contributed by atoms with Crippen molar-refractivity contribution < 1.29 is 14.1 Å². The van der Waals surface area contributed by atoms with Crippen molar-refractivity contribution in [2.24, 2.45) is 0 Å². The lowest BCUT2D eigenvalue weighted by Gasteiger charge is -2.23. The van der Waals surface area contributed by atoms with Gasteiger partial charge in [-0.15, -0.1) is 0 Å². The van der Waals surface area contributed by atoms with Crippen LogP contribution in [0, 0.1) is 0 Å². The molecule has 6 nitrogen and oxygen atoms in total. The standard InChI is InChI=1S/C15H15N3O3/c19-13-6-8-18(10-12-7-9-21-17-12)15(20)14(16-13)11-4-2-1-3-5-11/h1-5,7,9,14H,6,8,10H2,(H,16,19). The molecule has 1 aliphatic heterocycles. The third kappa shape index (κ3) is 2.94. The van der Waals surface area contributed by atoms with Gasteiger partial charge in [0, 0.05) is 19.0 Å². The van der Waals surface area contributed by atoms with E-state index in [1.807, 2.05) is 30.3 Å². The zero-order chi connectivity index (χ0) is 14.7. The molecule has 21 heavy (non-hydrogen) atoms. The number of aromatic nitrogens is 1. The van der Waals surface area contributed by atoms with Crippen LogP contribution in [-0.4, -0.2) is 28.4 Å². The van der Waals surface area contributed by atoms with E-state index < -0.39 is 6.04 Å². The van der Waals surface area contributed by atoms with Crippen LogP contribution in [0.4, 0.5) is 0 Å². The zero-order valence-corrected chi connectivity index (χ0v) is 11.4. The third-order valence-electron chi connectivity index (χ3n) is 3.45. The summed E-state index contributed by atoms with van der Waals surface area (Å²) in [7, 11) is 0. The SMILES string of the molecule is O=C1CCN(Cc2ccon2)C(=O)C(c2ccccc2)N1. The van der Waals surface area contributed by atoms with Crippen molar-refractivity contribution in [2.75, 3.05) is 6.54 Å². The Hall–Kier alpha value is -2.63. The Balaban J connectivity index is 1.85. The summed E-state index contributed by atoms with van der Waals surface area (Å²) in [6.45, 7) is 0.717. The molecule has 2 aromatic rings. The highest BCUT2D eigenvalue weighted by molar-refractivity contribution is 5.90. The van der Waals surface area contributed by atoms with Crippen molar-refractivity contribution in [1.29, 1.82) is 0 Å². The van der Waals surface area contributed by atoms with Gasteiger partial charge in [0.1, 0.15) is 18.0 Å². The fourth-order valence-electron chi connectivity index (χ4n) is 2.37. The summed E-state index contributed by atoms with van der Waals surface area (Å²) in [4.78, 5) is 26.1. The third-order valence-corrected chi connectivity index (χ3v) is 3.45. The van der Waals surface area contributed by atoms with Crippen LogP contribution in [0.15, 0.2) is 47.2 Å². The number of hydrogen-bond acceptors (Lipinski definition) is 4. The van der Waals surface area contributed by atoms with Gasteiger partial charge in [0.15, 0.2) is 0 Å². The summed E-state index contributed by atoms with van der Waals surface area (Å²) in [5.74, 6) is -0.255. The van der Waals surface area contributed by atoms with Crippen molar-refractivity contribution in [1.82, 2.24) is 15.4 Å². The molecule has 2 heterocycles. The molecule has 108 valence electrons. The Bertz CT molecular complexity index is 625. The first-order valence-corrected chi connectivity index (χ1v) is 6.76. The quantitative estimate of drug-likeness (QED) is 0.921.